The molecule has 0 fully saturated rings. The van der Waals surface area contributed by atoms with Gasteiger partial charge in [0.1, 0.15) is 16.9 Å². The standard InChI is InChI=1S/C21H20N2O2S/c1-14-7-8-18-16(11-14)13-23(12-15(2)25-18)21(24)10-9-20-22-17-5-3-4-6-19(17)26-20/h3-11,15H,12-13H2,1-2H3. The van der Waals surface area contributed by atoms with Gasteiger partial charge in [0.15, 0.2) is 0 Å². The van der Waals surface area contributed by atoms with Crippen LogP contribution in [0.1, 0.15) is 23.1 Å². The zero-order valence-corrected chi connectivity index (χ0v) is 15.6. The predicted molar refractivity (Wildman–Crippen MR) is 105 cm³/mol. The molecule has 3 aromatic rings. The number of aryl methyl sites for hydroxylation is 1. The number of aromatic nitrogens is 1. The van der Waals surface area contributed by atoms with Gasteiger partial charge in [0.05, 0.1) is 16.8 Å². The lowest BCUT2D eigenvalue weighted by molar-refractivity contribution is -0.127. The molecular weight excluding hydrogens is 344 g/mol. The number of thiazole rings is 1. The Morgan fingerprint density at radius 3 is 3.00 bits per heavy atom. The van der Waals surface area contributed by atoms with Gasteiger partial charge in [0.2, 0.25) is 5.91 Å². The second-order valence-electron chi connectivity index (χ2n) is 6.61. The van der Waals surface area contributed by atoms with E-state index in [4.69, 9.17) is 4.74 Å². The Kier molecular flexibility index (Phi) is 4.47. The first-order chi connectivity index (χ1) is 12.6. The molecule has 26 heavy (non-hydrogen) atoms. The lowest BCUT2D eigenvalue weighted by Gasteiger charge is -2.20. The fourth-order valence-corrected chi connectivity index (χ4v) is 4.03. The summed E-state index contributed by atoms with van der Waals surface area (Å²) in [5.41, 5.74) is 3.18. The number of carbonyl (C=O) groups is 1. The number of benzene rings is 2. The topological polar surface area (TPSA) is 42.4 Å². The molecule has 1 aliphatic heterocycles. The lowest BCUT2D eigenvalue weighted by atomic mass is 10.1. The van der Waals surface area contributed by atoms with Gasteiger partial charge < -0.3 is 9.64 Å². The van der Waals surface area contributed by atoms with Crippen LogP contribution < -0.4 is 4.74 Å². The maximum Gasteiger partial charge on any atom is 0.247 e. The van der Waals surface area contributed by atoms with Crippen LogP contribution in [-0.4, -0.2) is 28.4 Å². The van der Waals surface area contributed by atoms with E-state index in [1.807, 2.05) is 55.1 Å². The van der Waals surface area contributed by atoms with Gasteiger partial charge in [-0.3, -0.25) is 4.79 Å². The molecule has 1 atom stereocenters. The molecule has 1 aromatic heterocycles. The Hall–Kier alpha value is -2.66. The number of ether oxygens (including phenoxy) is 1. The maximum absolute atomic E-state index is 12.7. The molecule has 1 unspecified atom stereocenters. The van der Waals surface area contributed by atoms with Gasteiger partial charge in [-0.2, -0.15) is 0 Å². The van der Waals surface area contributed by atoms with E-state index < -0.39 is 0 Å². The van der Waals surface area contributed by atoms with Gasteiger partial charge in [-0.05, 0) is 38.1 Å². The van der Waals surface area contributed by atoms with E-state index >= 15 is 0 Å². The monoisotopic (exact) mass is 364 g/mol. The Bertz CT molecular complexity index is 960. The van der Waals surface area contributed by atoms with Crippen molar-refractivity contribution < 1.29 is 9.53 Å². The summed E-state index contributed by atoms with van der Waals surface area (Å²) in [5.74, 6) is 0.850. The minimum Gasteiger partial charge on any atom is -0.489 e. The molecule has 0 spiro atoms. The van der Waals surface area contributed by atoms with Crippen molar-refractivity contribution in [2.45, 2.75) is 26.5 Å². The number of hydrogen-bond acceptors (Lipinski definition) is 4. The predicted octanol–water partition coefficient (Wildman–Crippen LogP) is 4.43. The molecule has 1 amide bonds. The van der Waals surface area contributed by atoms with Crippen molar-refractivity contribution >= 4 is 33.5 Å². The highest BCUT2D eigenvalue weighted by Crippen LogP contribution is 2.27. The number of amides is 1. The van der Waals surface area contributed by atoms with E-state index in [1.54, 1.807) is 23.5 Å². The third-order valence-electron chi connectivity index (χ3n) is 4.37. The molecule has 0 bridgehead atoms. The Morgan fingerprint density at radius 1 is 1.31 bits per heavy atom. The second kappa shape index (κ2) is 6.92. The highest BCUT2D eigenvalue weighted by atomic mass is 32.1. The highest BCUT2D eigenvalue weighted by molar-refractivity contribution is 7.19. The van der Waals surface area contributed by atoms with Crippen LogP contribution in [0.2, 0.25) is 0 Å². The average molecular weight is 364 g/mol. The first-order valence-corrected chi connectivity index (χ1v) is 9.49. The largest absolute Gasteiger partial charge is 0.489 e. The van der Waals surface area contributed by atoms with Gasteiger partial charge in [0, 0.05) is 18.2 Å². The van der Waals surface area contributed by atoms with Gasteiger partial charge in [-0.25, -0.2) is 4.98 Å². The Morgan fingerprint density at radius 2 is 2.15 bits per heavy atom. The van der Waals surface area contributed by atoms with E-state index in [0.29, 0.717) is 13.1 Å². The molecule has 0 aliphatic carbocycles. The molecule has 0 N–H and O–H groups in total. The molecule has 0 saturated carbocycles. The number of carbonyl (C=O) groups excluding carboxylic acids is 1. The van der Waals surface area contributed by atoms with Crippen LogP contribution in [0.15, 0.2) is 48.5 Å². The molecule has 2 aromatic carbocycles. The minimum absolute atomic E-state index is 0.0194. The summed E-state index contributed by atoms with van der Waals surface area (Å²) in [6.07, 6.45) is 3.38. The fraction of sp³-hybridized carbons (Fsp3) is 0.238. The smallest absolute Gasteiger partial charge is 0.247 e. The highest BCUT2D eigenvalue weighted by Gasteiger charge is 2.22. The van der Waals surface area contributed by atoms with Crippen LogP contribution in [-0.2, 0) is 11.3 Å². The van der Waals surface area contributed by atoms with Crippen molar-refractivity contribution in [2.24, 2.45) is 0 Å². The number of rotatable bonds is 2. The van der Waals surface area contributed by atoms with Crippen LogP contribution in [0, 0.1) is 6.92 Å². The molecule has 0 radical (unpaired) electrons. The SMILES string of the molecule is Cc1ccc2c(c1)CN(C(=O)C=Cc1nc3ccccc3s1)CC(C)O2. The number of para-hydroxylation sites is 1. The lowest BCUT2D eigenvalue weighted by Crippen LogP contribution is -2.34. The molecule has 4 rings (SSSR count). The van der Waals surface area contributed by atoms with Crippen molar-refractivity contribution in [3.8, 4) is 5.75 Å². The van der Waals surface area contributed by atoms with E-state index in [2.05, 4.69) is 11.1 Å². The van der Waals surface area contributed by atoms with Crippen LogP contribution in [0.25, 0.3) is 16.3 Å². The summed E-state index contributed by atoms with van der Waals surface area (Å²) in [6, 6.07) is 14.1. The van der Waals surface area contributed by atoms with Crippen molar-refractivity contribution in [1.29, 1.82) is 0 Å². The summed E-state index contributed by atoms with van der Waals surface area (Å²) in [4.78, 5) is 19.1. The maximum atomic E-state index is 12.7. The summed E-state index contributed by atoms with van der Waals surface area (Å²) >= 11 is 1.59. The Balaban J connectivity index is 1.55. The van der Waals surface area contributed by atoms with Gasteiger partial charge >= 0.3 is 0 Å². The summed E-state index contributed by atoms with van der Waals surface area (Å²) in [7, 11) is 0. The van der Waals surface area contributed by atoms with Crippen molar-refractivity contribution in [3.05, 3.63) is 64.7 Å². The normalized spacial score (nSPS) is 17.2. The molecule has 5 heteroatoms. The van der Waals surface area contributed by atoms with Crippen molar-refractivity contribution in [2.75, 3.05) is 6.54 Å². The van der Waals surface area contributed by atoms with Gasteiger partial charge in [-0.1, -0.05) is 29.8 Å². The number of fused-ring (bicyclic) bond motifs is 2. The minimum atomic E-state index is -0.0428. The molecule has 2 heterocycles. The van der Waals surface area contributed by atoms with Crippen molar-refractivity contribution in [1.82, 2.24) is 9.88 Å². The van der Waals surface area contributed by atoms with Crippen LogP contribution >= 0.6 is 11.3 Å². The summed E-state index contributed by atoms with van der Waals surface area (Å²) in [6.45, 7) is 5.17. The molecule has 1 aliphatic rings. The Labute approximate surface area is 156 Å². The van der Waals surface area contributed by atoms with Crippen LogP contribution in [0.4, 0.5) is 0 Å². The third kappa shape index (κ3) is 3.48. The molecular formula is C21H20N2O2S. The van der Waals surface area contributed by atoms with Crippen LogP contribution in [0.5, 0.6) is 5.75 Å². The van der Waals surface area contributed by atoms with Gasteiger partial charge in [0.25, 0.3) is 0 Å². The fourth-order valence-electron chi connectivity index (χ4n) is 3.16. The first-order valence-electron chi connectivity index (χ1n) is 8.67. The second-order valence-corrected chi connectivity index (χ2v) is 7.67. The quantitative estimate of drug-likeness (QED) is 0.632. The van der Waals surface area contributed by atoms with E-state index in [0.717, 1.165) is 26.5 Å². The summed E-state index contributed by atoms with van der Waals surface area (Å²) in [5, 5.41) is 0.843. The summed E-state index contributed by atoms with van der Waals surface area (Å²) < 4.78 is 7.09. The zero-order chi connectivity index (χ0) is 18.1. The van der Waals surface area contributed by atoms with Crippen LogP contribution in [0.3, 0.4) is 0 Å². The third-order valence-corrected chi connectivity index (χ3v) is 5.38. The van der Waals surface area contributed by atoms with E-state index in [1.165, 1.54) is 5.56 Å². The number of hydrogen-bond donors (Lipinski definition) is 0. The molecule has 0 saturated heterocycles. The van der Waals surface area contributed by atoms with Gasteiger partial charge in [-0.15, -0.1) is 11.3 Å². The number of nitrogens with zero attached hydrogens (tertiary/aromatic N) is 2. The zero-order valence-electron chi connectivity index (χ0n) is 14.8. The average Bonchev–Trinajstić information content (AvgIpc) is 2.96. The van der Waals surface area contributed by atoms with E-state index in [-0.39, 0.29) is 12.0 Å². The molecule has 4 nitrogen and oxygen atoms in total. The molecule has 132 valence electrons. The first kappa shape index (κ1) is 16.8. The van der Waals surface area contributed by atoms with Crippen molar-refractivity contribution in [3.63, 3.8) is 0 Å². The van der Waals surface area contributed by atoms with E-state index in [9.17, 15) is 4.79 Å².